The second kappa shape index (κ2) is 10.4. The van der Waals surface area contributed by atoms with Crippen molar-refractivity contribution in [2.24, 2.45) is 5.10 Å². The van der Waals surface area contributed by atoms with Gasteiger partial charge in [-0.15, -0.1) is 10.2 Å². The monoisotopic (exact) mass is 444 g/mol. The summed E-state index contributed by atoms with van der Waals surface area (Å²) in [6, 6.07) is 22.8. The fourth-order valence-corrected chi connectivity index (χ4v) is 3.63. The first-order valence-electron chi connectivity index (χ1n) is 9.75. The van der Waals surface area contributed by atoms with E-state index in [9.17, 15) is 4.79 Å². The molecule has 4 rings (SSSR count). The Labute approximate surface area is 189 Å². The first-order valence-corrected chi connectivity index (χ1v) is 10.7. The highest BCUT2D eigenvalue weighted by molar-refractivity contribution is 7.99. The maximum Gasteiger partial charge on any atom is 0.250 e. The van der Waals surface area contributed by atoms with Crippen LogP contribution < -0.4 is 10.2 Å². The number of carbonyl (C=O) groups excluding carboxylic acids is 1. The molecule has 4 aromatic rings. The number of nitrogens with zero attached hydrogens (tertiary/aromatic N) is 5. The lowest BCUT2D eigenvalue weighted by atomic mass is 10.2. The van der Waals surface area contributed by atoms with Crippen molar-refractivity contribution in [2.75, 3.05) is 12.9 Å². The van der Waals surface area contributed by atoms with Gasteiger partial charge in [0.15, 0.2) is 11.0 Å². The SMILES string of the molecule is COc1ccc(-n2c(SCC(=O)N/N=C/c3ccccn3)nnc2-c2ccccc2)cc1. The average molecular weight is 445 g/mol. The number of carbonyl (C=O) groups is 1. The molecule has 0 fully saturated rings. The number of amides is 1. The highest BCUT2D eigenvalue weighted by Gasteiger charge is 2.17. The van der Waals surface area contributed by atoms with Crippen molar-refractivity contribution in [1.29, 1.82) is 0 Å². The molecule has 32 heavy (non-hydrogen) atoms. The van der Waals surface area contributed by atoms with Crippen LogP contribution in [0.4, 0.5) is 0 Å². The largest absolute Gasteiger partial charge is 0.497 e. The van der Waals surface area contributed by atoms with Crippen LogP contribution >= 0.6 is 11.8 Å². The molecule has 0 saturated carbocycles. The summed E-state index contributed by atoms with van der Waals surface area (Å²) in [6.45, 7) is 0. The van der Waals surface area contributed by atoms with Crippen molar-refractivity contribution in [3.8, 4) is 22.8 Å². The van der Waals surface area contributed by atoms with Crippen LogP contribution in [0.5, 0.6) is 5.75 Å². The lowest BCUT2D eigenvalue weighted by Crippen LogP contribution is -2.20. The lowest BCUT2D eigenvalue weighted by molar-refractivity contribution is -0.118. The number of hydrazone groups is 1. The van der Waals surface area contributed by atoms with Gasteiger partial charge in [0.25, 0.3) is 5.91 Å². The highest BCUT2D eigenvalue weighted by Crippen LogP contribution is 2.28. The molecule has 0 bridgehead atoms. The normalized spacial score (nSPS) is 10.9. The van der Waals surface area contributed by atoms with Crippen molar-refractivity contribution in [3.63, 3.8) is 0 Å². The van der Waals surface area contributed by atoms with Gasteiger partial charge in [0.1, 0.15) is 5.75 Å². The Kier molecular flexibility index (Phi) is 6.88. The van der Waals surface area contributed by atoms with Crippen molar-refractivity contribution >= 4 is 23.9 Å². The predicted molar refractivity (Wildman–Crippen MR) is 124 cm³/mol. The molecule has 0 radical (unpaired) electrons. The molecule has 0 atom stereocenters. The topological polar surface area (TPSA) is 94.3 Å². The molecular weight excluding hydrogens is 424 g/mol. The van der Waals surface area contributed by atoms with Gasteiger partial charge in [0, 0.05) is 17.4 Å². The van der Waals surface area contributed by atoms with Crippen molar-refractivity contribution in [1.82, 2.24) is 25.2 Å². The molecule has 8 nitrogen and oxygen atoms in total. The van der Waals surface area contributed by atoms with Crippen LogP contribution in [0, 0.1) is 0 Å². The summed E-state index contributed by atoms with van der Waals surface area (Å²) in [4.78, 5) is 16.4. The number of thioether (sulfide) groups is 1. The maximum atomic E-state index is 12.3. The summed E-state index contributed by atoms with van der Waals surface area (Å²) in [5, 5.41) is 13.2. The summed E-state index contributed by atoms with van der Waals surface area (Å²) in [5.74, 6) is 1.31. The molecule has 0 unspecified atom stereocenters. The van der Waals surface area contributed by atoms with Crippen molar-refractivity contribution < 1.29 is 9.53 Å². The quantitative estimate of drug-likeness (QED) is 0.254. The summed E-state index contributed by atoms with van der Waals surface area (Å²) in [6.07, 6.45) is 3.16. The maximum absolute atomic E-state index is 12.3. The molecule has 2 aromatic carbocycles. The smallest absolute Gasteiger partial charge is 0.250 e. The minimum atomic E-state index is -0.257. The number of pyridine rings is 1. The van der Waals surface area contributed by atoms with Crippen LogP contribution in [0.2, 0.25) is 0 Å². The Balaban J connectivity index is 1.52. The summed E-state index contributed by atoms with van der Waals surface area (Å²) in [5.41, 5.74) is 4.96. The Morgan fingerprint density at radius 2 is 1.84 bits per heavy atom. The van der Waals surface area contributed by atoms with Crippen LogP contribution in [0.15, 0.2) is 89.3 Å². The molecule has 160 valence electrons. The third kappa shape index (κ3) is 5.19. The molecule has 0 saturated heterocycles. The predicted octanol–water partition coefficient (Wildman–Crippen LogP) is 3.58. The highest BCUT2D eigenvalue weighted by atomic mass is 32.2. The van der Waals surface area contributed by atoms with Gasteiger partial charge in [-0.05, 0) is 36.4 Å². The van der Waals surface area contributed by atoms with Crippen LogP contribution in [-0.2, 0) is 4.79 Å². The Morgan fingerprint density at radius 1 is 1.06 bits per heavy atom. The van der Waals surface area contributed by atoms with Crippen LogP contribution in [0.25, 0.3) is 17.1 Å². The minimum absolute atomic E-state index is 0.128. The molecule has 2 aromatic heterocycles. The van der Waals surface area contributed by atoms with Gasteiger partial charge in [-0.25, -0.2) is 5.43 Å². The third-order valence-electron chi connectivity index (χ3n) is 4.40. The summed E-state index contributed by atoms with van der Waals surface area (Å²) >= 11 is 1.28. The number of rotatable bonds is 8. The lowest BCUT2D eigenvalue weighted by Gasteiger charge is -2.11. The molecule has 2 heterocycles. The van der Waals surface area contributed by atoms with Gasteiger partial charge < -0.3 is 4.74 Å². The number of ether oxygens (including phenoxy) is 1. The van der Waals surface area contributed by atoms with Crippen LogP contribution in [0.3, 0.4) is 0 Å². The zero-order valence-corrected chi connectivity index (χ0v) is 18.1. The molecular formula is C23H20N6O2S. The first-order chi connectivity index (χ1) is 15.7. The number of methoxy groups -OCH3 is 1. The van der Waals surface area contributed by atoms with Gasteiger partial charge in [0.2, 0.25) is 0 Å². The molecule has 0 aliphatic rings. The van der Waals surface area contributed by atoms with Crippen LogP contribution in [0.1, 0.15) is 5.69 Å². The Bertz CT molecular complexity index is 1190. The Morgan fingerprint density at radius 3 is 2.56 bits per heavy atom. The van der Waals surface area contributed by atoms with Crippen LogP contribution in [-0.4, -0.2) is 44.7 Å². The van der Waals surface area contributed by atoms with E-state index in [0.29, 0.717) is 16.7 Å². The minimum Gasteiger partial charge on any atom is -0.497 e. The molecule has 0 aliphatic heterocycles. The van der Waals surface area contributed by atoms with E-state index in [-0.39, 0.29) is 11.7 Å². The van der Waals surface area contributed by atoms with Gasteiger partial charge >= 0.3 is 0 Å². The van der Waals surface area contributed by atoms with Gasteiger partial charge in [-0.1, -0.05) is 48.2 Å². The van der Waals surface area contributed by atoms with E-state index in [4.69, 9.17) is 4.74 Å². The number of hydrogen-bond donors (Lipinski definition) is 1. The average Bonchev–Trinajstić information content (AvgIpc) is 3.28. The fourth-order valence-electron chi connectivity index (χ4n) is 2.89. The number of aromatic nitrogens is 4. The molecule has 0 aliphatic carbocycles. The zero-order chi connectivity index (χ0) is 22.2. The number of nitrogens with one attached hydrogen (secondary N) is 1. The molecule has 9 heteroatoms. The zero-order valence-electron chi connectivity index (χ0n) is 17.3. The molecule has 0 spiro atoms. The first kappa shape index (κ1) is 21.3. The van der Waals surface area contributed by atoms with Gasteiger partial charge in [0.05, 0.1) is 24.8 Å². The summed E-state index contributed by atoms with van der Waals surface area (Å²) < 4.78 is 7.18. The second-order valence-electron chi connectivity index (χ2n) is 6.54. The van der Waals surface area contributed by atoms with E-state index in [1.54, 1.807) is 19.4 Å². The van der Waals surface area contributed by atoms with E-state index >= 15 is 0 Å². The van der Waals surface area contributed by atoms with E-state index in [0.717, 1.165) is 17.0 Å². The summed E-state index contributed by atoms with van der Waals surface area (Å²) in [7, 11) is 1.62. The molecule has 1 N–H and O–H groups in total. The second-order valence-corrected chi connectivity index (χ2v) is 7.48. The third-order valence-corrected chi connectivity index (χ3v) is 5.33. The van der Waals surface area contributed by atoms with Gasteiger partial charge in [-0.3, -0.25) is 14.3 Å². The Hall–Kier alpha value is -3.98. The van der Waals surface area contributed by atoms with Crippen molar-refractivity contribution in [3.05, 3.63) is 84.7 Å². The standard InChI is InChI=1S/C23H20N6O2S/c1-31-20-12-10-19(11-13-20)29-22(17-7-3-2-4-8-17)27-28-23(29)32-16-21(30)26-25-15-18-9-5-6-14-24-18/h2-15H,16H2,1H3,(H,26,30)/b25-15+. The molecule has 1 amide bonds. The van der Waals surface area contributed by atoms with Gasteiger partial charge in [-0.2, -0.15) is 5.10 Å². The van der Waals surface area contributed by atoms with E-state index in [1.807, 2.05) is 71.3 Å². The fraction of sp³-hybridized carbons (Fsp3) is 0.0870. The van der Waals surface area contributed by atoms with Crippen molar-refractivity contribution in [2.45, 2.75) is 5.16 Å². The van der Waals surface area contributed by atoms with E-state index in [1.165, 1.54) is 18.0 Å². The van der Waals surface area contributed by atoms with E-state index < -0.39 is 0 Å². The number of hydrogen-bond acceptors (Lipinski definition) is 7. The van der Waals surface area contributed by atoms with E-state index in [2.05, 4.69) is 25.7 Å². The number of benzene rings is 2.